The van der Waals surface area contributed by atoms with Gasteiger partial charge in [-0.1, -0.05) is 36.4 Å². The molecule has 0 aliphatic heterocycles. The SMILES string of the molecule is COCCOc1cc(C)nc2c1c(=O)cc(Nc1ccccc1)n2-c1ccccc1. The number of pyridine rings is 2. The topological polar surface area (TPSA) is 65.4 Å². The summed E-state index contributed by atoms with van der Waals surface area (Å²) in [5.74, 6) is 1.14. The largest absolute Gasteiger partial charge is 0.490 e. The Morgan fingerprint density at radius 3 is 2.37 bits per heavy atom. The predicted octanol–water partition coefficient (Wildman–Crippen LogP) is 4.46. The smallest absolute Gasteiger partial charge is 0.196 e. The van der Waals surface area contributed by atoms with Gasteiger partial charge < -0.3 is 14.8 Å². The number of hydrogen-bond acceptors (Lipinski definition) is 5. The van der Waals surface area contributed by atoms with Crippen molar-refractivity contribution in [1.82, 2.24) is 9.55 Å². The standard InChI is InChI=1S/C24H23N3O3/c1-17-15-21(30-14-13-29-2)23-20(28)16-22(26-18-9-5-3-6-10-18)27(24(23)25-17)19-11-7-4-8-12-19/h3-12,15-16,26H,13-14H2,1-2H3. The zero-order valence-corrected chi connectivity index (χ0v) is 17.0. The van der Waals surface area contributed by atoms with Crippen LogP contribution in [0.1, 0.15) is 5.69 Å². The normalized spacial score (nSPS) is 10.9. The Morgan fingerprint density at radius 1 is 0.967 bits per heavy atom. The molecule has 1 N–H and O–H groups in total. The molecular formula is C24H23N3O3. The molecule has 0 fully saturated rings. The first kappa shape index (κ1) is 19.7. The van der Waals surface area contributed by atoms with E-state index in [-0.39, 0.29) is 5.43 Å². The predicted molar refractivity (Wildman–Crippen MR) is 119 cm³/mol. The highest BCUT2D eigenvalue weighted by Crippen LogP contribution is 2.29. The molecule has 0 bridgehead atoms. The van der Waals surface area contributed by atoms with Gasteiger partial charge >= 0.3 is 0 Å². The summed E-state index contributed by atoms with van der Waals surface area (Å²) < 4.78 is 12.9. The van der Waals surface area contributed by atoms with Crippen molar-refractivity contribution in [3.8, 4) is 11.4 Å². The molecule has 2 heterocycles. The van der Waals surface area contributed by atoms with E-state index in [0.717, 1.165) is 17.1 Å². The molecule has 0 amide bonds. The van der Waals surface area contributed by atoms with E-state index < -0.39 is 0 Å². The lowest BCUT2D eigenvalue weighted by atomic mass is 10.2. The molecule has 0 spiro atoms. The number of rotatable bonds is 7. The Labute approximate surface area is 174 Å². The van der Waals surface area contributed by atoms with Gasteiger partial charge in [-0.2, -0.15) is 0 Å². The van der Waals surface area contributed by atoms with E-state index in [0.29, 0.717) is 35.8 Å². The van der Waals surface area contributed by atoms with Gasteiger partial charge in [0, 0.05) is 36.3 Å². The minimum Gasteiger partial charge on any atom is -0.490 e. The second kappa shape index (κ2) is 8.80. The van der Waals surface area contributed by atoms with Crippen LogP contribution in [0, 0.1) is 6.92 Å². The number of ether oxygens (including phenoxy) is 2. The van der Waals surface area contributed by atoms with Crippen LogP contribution in [-0.2, 0) is 4.74 Å². The van der Waals surface area contributed by atoms with Crippen molar-refractivity contribution < 1.29 is 9.47 Å². The van der Waals surface area contributed by atoms with Crippen molar-refractivity contribution in [2.75, 3.05) is 25.6 Å². The van der Waals surface area contributed by atoms with E-state index in [2.05, 4.69) is 5.32 Å². The molecule has 0 unspecified atom stereocenters. The maximum atomic E-state index is 13.1. The van der Waals surface area contributed by atoms with Gasteiger partial charge in [0.1, 0.15) is 23.6 Å². The van der Waals surface area contributed by atoms with E-state index in [9.17, 15) is 4.79 Å². The summed E-state index contributed by atoms with van der Waals surface area (Å²) in [5, 5.41) is 3.80. The number of methoxy groups -OCH3 is 1. The van der Waals surface area contributed by atoms with Crippen LogP contribution in [-0.4, -0.2) is 29.9 Å². The molecule has 6 heteroatoms. The summed E-state index contributed by atoms with van der Waals surface area (Å²) in [6, 6.07) is 22.9. The maximum absolute atomic E-state index is 13.1. The third kappa shape index (κ3) is 4.04. The van der Waals surface area contributed by atoms with E-state index in [1.165, 1.54) is 0 Å². The van der Waals surface area contributed by atoms with Crippen molar-refractivity contribution in [2.45, 2.75) is 6.92 Å². The zero-order valence-electron chi connectivity index (χ0n) is 17.0. The van der Waals surface area contributed by atoms with Crippen LogP contribution in [0.5, 0.6) is 5.75 Å². The molecule has 30 heavy (non-hydrogen) atoms. The Kier molecular flexibility index (Phi) is 5.77. The number of benzene rings is 2. The number of nitrogens with one attached hydrogen (secondary N) is 1. The van der Waals surface area contributed by atoms with E-state index in [1.807, 2.05) is 72.2 Å². The second-order valence-corrected chi connectivity index (χ2v) is 6.86. The van der Waals surface area contributed by atoms with Crippen molar-refractivity contribution in [2.24, 2.45) is 0 Å². The quantitative estimate of drug-likeness (QED) is 0.463. The number of para-hydroxylation sites is 2. The highest BCUT2D eigenvalue weighted by Gasteiger charge is 2.17. The molecule has 4 rings (SSSR count). The fraction of sp³-hybridized carbons (Fsp3) is 0.167. The van der Waals surface area contributed by atoms with Crippen LogP contribution >= 0.6 is 0 Å². The minimum atomic E-state index is -0.157. The van der Waals surface area contributed by atoms with Gasteiger partial charge in [0.15, 0.2) is 11.1 Å². The average Bonchev–Trinajstić information content (AvgIpc) is 2.75. The van der Waals surface area contributed by atoms with Gasteiger partial charge in [-0.3, -0.25) is 9.36 Å². The molecule has 152 valence electrons. The van der Waals surface area contributed by atoms with Crippen molar-refractivity contribution in [3.63, 3.8) is 0 Å². The number of aromatic nitrogens is 2. The first-order valence-corrected chi connectivity index (χ1v) is 9.74. The lowest BCUT2D eigenvalue weighted by molar-refractivity contribution is 0.147. The van der Waals surface area contributed by atoms with E-state index in [1.54, 1.807) is 19.2 Å². The van der Waals surface area contributed by atoms with Crippen LogP contribution in [0.2, 0.25) is 0 Å². The molecule has 2 aromatic heterocycles. The molecule has 0 saturated heterocycles. The molecule has 2 aromatic carbocycles. The number of anilines is 2. The molecule has 0 saturated carbocycles. The van der Waals surface area contributed by atoms with Crippen LogP contribution in [0.3, 0.4) is 0 Å². The molecular weight excluding hydrogens is 378 g/mol. The van der Waals surface area contributed by atoms with Crippen molar-refractivity contribution in [3.05, 3.63) is 88.7 Å². The summed E-state index contributed by atoms with van der Waals surface area (Å²) in [6.45, 7) is 2.67. The first-order chi connectivity index (χ1) is 14.7. The number of fused-ring (bicyclic) bond motifs is 1. The number of hydrogen-bond donors (Lipinski definition) is 1. The monoisotopic (exact) mass is 401 g/mol. The van der Waals surface area contributed by atoms with Gasteiger partial charge in [0.25, 0.3) is 0 Å². The fourth-order valence-corrected chi connectivity index (χ4v) is 3.34. The van der Waals surface area contributed by atoms with Crippen LogP contribution in [0.25, 0.3) is 16.7 Å². The molecule has 0 aliphatic carbocycles. The van der Waals surface area contributed by atoms with Crippen LogP contribution < -0.4 is 15.5 Å². The highest BCUT2D eigenvalue weighted by atomic mass is 16.5. The maximum Gasteiger partial charge on any atom is 0.196 e. The van der Waals surface area contributed by atoms with Gasteiger partial charge in [-0.15, -0.1) is 0 Å². The molecule has 6 nitrogen and oxygen atoms in total. The lowest BCUT2D eigenvalue weighted by Crippen LogP contribution is -2.16. The molecule has 0 aliphatic rings. The third-order valence-corrected chi connectivity index (χ3v) is 4.66. The van der Waals surface area contributed by atoms with Gasteiger partial charge in [-0.05, 0) is 31.2 Å². The molecule has 4 aromatic rings. The van der Waals surface area contributed by atoms with E-state index in [4.69, 9.17) is 14.5 Å². The van der Waals surface area contributed by atoms with Crippen LogP contribution in [0.15, 0.2) is 77.6 Å². The van der Waals surface area contributed by atoms with Gasteiger partial charge in [0.2, 0.25) is 0 Å². The average molecular weight is 401 g/mol. The summed E-state index contributed by atoms with van der Waals surface area (Å²) in [7, 11) is 1.61. The summed E-state index contributed by atoms with van der Waals surface area (Å²) in [4.78, 5) is 17.8. The zero-order chi connectivity index (χ0) is 20.9. The van der Waals surface area contributed by atoms with E-state index >= 15 is 0 Å². The molecule has 0 atom stereocenters. The van der Waals surface area contributed by atoms with Crippen LogP contribution in [0.4, 0.5) is 11.5 Å². The summed E-state index contributed by atoms with van der Waals surface area (Å²) in [6.07, 6.45) is 0. The number of nitrogens with zero attached hydrogens (tertiary/aromatic N) is 2. The fourth-order valence-electron chi connectivity index (χ4n) is 3.34. The summed E-state index contributed by atoms with van der Waals surface area (Å²) in [5.41, 5.74) is 2.91. The summed E-state index contributed by atoms with van der Waals surface area (Å²) >= 11 is 0. The second-order valence-electron chi connectivity index (χ2n) is 6.86. The van der Waals surface area contributed by atoms with Gasteiger partial charge in [-0.25, -0.2) is 4.98 Å². The molecule has 0 radical (unpaired) electrons. The number of aryl methyl sites for hydroxylation is 1. The Morgan fingerprint density at radius 2 is 1.67 bits per heavy atom. The third-order valence-electron chi connectivity index (χ3n) is 4.66. The van der Waals surface area contributed by atoms with Gasteiger partial charge in [0.05, 0.1) is 6.61 Å². The first-order valence-electron chi connectivity index (χ1n) is 9.74. The lowest BCUT2D eigenvalue weighted by Gasteiger charge is -2.19. The Balaban J connectivity index is 1.97. The van der Waals surface area contributed by atoms with Crippen molar-refractivity contribution in [1.29, 1.82) is 0 Å². The highest BCUT2D eigenvalue weighted by molar-refractivity contribution is 5.86. The Bertz CT molecular complexity index is 1210. The Hall–Kier alpha value is -3.64. The van der Waals surface area contributed by atoms with Crippen molar-refractivity contribution >= 4 is 22.5 Å². The minimum absolute atomic E-state index is 0.157.